The van der Waals surface area contributed by atoms with Crippen molar-refractivity contribution < 1.29 is 33.8 Å². The van der Waals surface area contributed by atoms with Gasteiger partial charge in [-0.2, -0.15) is 0 Å². The molecule has 1 saturated heterocycles. The average molecular weight is 353 g/mol. The third-order valence-electron chi connectivity index (χ3n) is 3.26. The Bertz CT molecular complexity index is 725. The Kier molecular flexibility index (Phi) is 5.18. The molecule has 23 heavy (non-hydrogen) atoms. The number of rotatable bonds is 5. The molecule has 0 radical (unpaired) electrons. The fourth-order valence-corrected chi connectivity index (χ4v) is 2.58. The second kappa shape index (κ2) is 6.63. The van der Waals surface area contributed by atoms with E-state index >= 15 is 0 Å². The number of aromatic nitrogens is 2. The van der Waals surface area contributed by atoms with Crippen LogP contribution in [0.2, 0.25) is 0 Å². The van der Waals surface area contributed by atoms with Crippen molar-refractivity contribution in [2.24, 2.45) is 5.73 Å². The van der Waals surface area contributed by atoms with Crippen LogP contribution in [-0.4, -0.2) is 54.5 Å². The van der Waals surface area contributed by atoms with Crippen LogP contribution in [0.5, 0.6) is 0 Å². The molecular weight excluding hydrogens is 337 g/mol. The van der Waals surface area contributed by atoms with Crippen molar-refractivity contribution in [2.75, 3.05) is 6.61 Å². The molecule has 12 nitrogen and oxygen atoms in total. The Labute approximate surface area is 128 Å². The molecule has 130 valence electrons. The number of nitrogens with zero attached hydrogens (tertiary/aromatic N) is 1. The van der Waals surface area contributed by atoms with Crippen molar-refractivity contribution in [3.8, 4) is 0 Å². The quantitative estimate of drug-likeness (QED) is 0.292. The number of phosphoric ester groups is 1. The molecule has 2 heterocycles. The van der Waals surface area contributed by atoms with E-state index in [0.29, 0.717) is 0 Å². The standard InChI is InChI=1S/C10H16N3O9P/c11-2-4-1-6(14)12-10(17)13(4)9-8(16)7(15)5(22-9)3-21-23(18,19)20/h1,5,7-9,15-16H,2-3,11H2,(H,12,14,17)(H2,18,19,20)/t5-,7-,8-,9-/m1/s1. The molecule has 7 N–H and O–H groups in total. The smallest absolute Gasteiger partial charge is 0.387 e. The zero-order valence-electron chi connectivity index (χ0n) is 11.6. The first-order valence-corrected chi connectivity index (χ1v) is 7.93. The molecule has 0 saturated carbocycles. The highest BCUT2D eigenvalue weighted by atomic mass is 31.2. The summed E-state index contributed by atoms with van der Waals surface area (Å²) in [6.45, 7) is -0.930. The predicted molar refractivity (Wildman–Crippen MR) is 73.1 cm³/mol. The highest BCUT2D eigenvalue weighted by molar-refractivity contribution is 7.46. The summed E-state index contributed by atoms with van der Waals surface area (Å²) in [7, 11) is -4.80. The van der Waals surface area contributed by atoms with Crippen molar-refractivity contribution in [1.82, 2.24) is 9.55 Å². The van der Waals surface area contributed by atoms with E-state index in [1.165, 1.54) is 0 Å². The fourth-order valence-electron chi connectivity index (χ4n) is 2.24. The Balaban J connectivity index is 2.30. The van der Waals surface area contributed by atoms with Crippen LogP contribution in [0.25, 0.3) is 0 Å². The molecule has 0 aromatic carbocycles. The Hall–Kier alpha value is -1.37. The van der Waals surface area contributed by atoms with E-state index < -0.39 is 50.2 Å². The second-order valence-electron chi connectivity index (χ2n) is 4.84. The molecule has 0 amide bonds. The van der Waals surface area contributed by atoms with Gasteiger partial charge in [0, 0.05) is 18.3 Å². The maximum absolute atomic E-state index is 11.9. The van der Waals surface area contributed by atoms with Crippen molar-refractivity contribution in [2.45, 2.75) is 31.1 Å². The molecule has 13 heteroatoms. The molecule has 1 aromatic heterocycles. The van der Waals surface area contributed by atoms with Crippen LogP contribution in [0.15, 0.2) is 15.7 Å². The first kappa shape index (κ1) is 18.0. The number of aromatic amines is 1. The van der Waals surface area contributed by atoms with Crippen LogP contribution in [0.1, 0.15) is 11.9 Å². The van der Waals surface area contributed by atoms with Gasteiger partial charge in [-0.3, -0.25) is 18.9 Å². The normalized spacial score (nSPS) is 28.2. The van der Waals surface area contributed by atoms with Crippen LogP contribution >= 0.6 is 7.82 Å². The Morgan fingerprint density at radius 2 is 2.00 bits per heavy atom. The number of hydrogen-bond acceptors (Lipinski definition) is 8. The lowest BCUT2D eigenvalue weighted by atomic mass is 10.1. The van der Waals surface area contributed by atoms with E-state index in [2.05, 4.69) is 4.52 Å². The van der Waals surface area contributed by atoms with Gasteiger partial charge in [0.2, 0.25) is 0 Å². The lowest BCUT2D eigenvalue weighted by molar-refractivity contribution is -0.0555. The maximum Gasteiger partial charge on any atom is 0.469 e. The number of phosphoric acid groups is 1. The Morgan fingerprint density at radius 1 is 1.35 bits per heavy atom. The van der Waals surface area contributed by atoms with Crippen LogP contribution in [-0.2, 0) is 20.4 Å². The monoisotopic (exact) mass is 353 g/mol. The van der Waals surface area contributed by atoms with Crippen molar-refractivity contribution >= 4 is 7.82 Å². The van der Waals surface area contributed by atoms with E-state index in [9.17, 15) is 24.4 Å². The van der Waals surface area contributed by atoms with E-state index in [0.717, 1.165) is 10.6 Å². The summed E-state index contributed by atoms with van der Waals surface area (Å²) in [5.41, 5.74) is 3.89. The highest BCUT2D eigenvalue weighted by Crippen LogP contribution is 2.38. The zero-order valence-corrected chi connectivity index (χ0v) is 12.5. The second-order valence-corrected chi connectivity index (χ2v) is 6.08. The highest BCUT2D eigenvalue weighted by Gasteiger charge is 2.45. The molecule has 1 aliphatic rings. The summed E-state index contributed by atoms with van der Waals surface area (Å²) in [4.78, 5) is 42.4. The van der Waals surface area contributed by atoms with Crippen molar-refractivity contribution in [1.29, 1.82) is 0 Å². The van der Waals surface area contributed by atoms with Gasteiger partial charge in [0.1, 0.15) is 18.3 Å². The number of aliphatic hydroxyl groups excluding tert-OH is 2. The summed E-state index contributed by atoms with van der Waals surface area (Å²) in [6.07, 6.45) is -5.88. The predicted octanol–water partition coefficient (Wildman–Crippen LogP) is -3.28. The molecule has 2 rings (SSSR count). The zero-order chi connectivity index (χ0) is 17.4. The van der Waals surface area contributed by atoms with Crippen LogP contribution < -0.4 is 17.0 Å². The fraction of sp³-hybridized carbons (Fsp3) is 0.600. The number of H-pyrrole nitrogens is 1. The lowest BCUT2D eigenvalue weighted by Crippen LogP contribution is -2.40. The van der Waals surface area contributed by atoms with Gasteiger partial charge in [0.05, 0.1) is 6.61 Å². The summed E-state index contributed by atoms with van der Waals surface area (Å²) in [5, 5.41) is 19.9. The van der Waals surface area contributed by atoms with Gasteiger partial charge in [-0.05, 0) is 0 Å². The van der Waals surface area contributed by atoms with Crippen LogP contribution in [0.4, 0.5) is 0 Å². The molecule has 1 fully saturated rings. The number of aliphatic hydroxyl groups is 2. The summed E-state index contributed by atoms with van der Waals surface area (Å²) >= 11 is 0. The number of nitrogens with two attached hydrogens (primary N) is 1. The molecule has 0 spiro atoms. The average Bonchev–Trinajstić information content (AvgIpc) is 2.71. The van der Waals surface area contributed by atoms with E-state index in [-0.39, 0.29) is 12.2 Å². The molecule has 1 aliphatic heterocycles. The minimum atomic E-state index is -4.80. The van der Waals surface area contributed by atoms with Gasteiger partial charge in [-0.1, -0.05) is 0 Å². The van der Waals surface area contributed by atoms with Crippen LogP contribution in [0, 0.1) is 0 Å². The van der Waals surface area contributed by atoms with Gasteiger partial charge in [0.25, 0.3) is 5.56 Å². The summed E-state index contributed by atoms with van der Waals surface area (Å²) < 4.78 is 21.0. The van der Waals surface area contributed by atoms with E-state index in [1.54, 1.807) is 0 Å². The van der Waals surface area contributed by atoms with Gasteiger partial charge in [0.15, 0.2) is 6.23 Å². The van der Waals surface area contributed by atoms with Crippen LogP contribution in [0.3, 0.4) is 0 Å². The van der Waals surface area contributed by atoms with Gasteiger partial charge in [-0.25, -0.2) is 9.36 Å². The van der Waals surface area contributed by atoms with Gasteiger partial charge in [-0.15, -0.1) is 0 Å². The van der Waals surface area contributed by atoms with Gasteiger partial charge < -0.3 is 30.5 Å². The maximum atomic E-state index is 11.9. The molecular formula is C10H16N3O9P. The number of nitrogens with one attached hydrogen (secondary N) is 1. The molecule has 4 atom stereocenters. The number of ether oxygens (including phenoxy) is 1. The lowest BCUT2D eigenvalue weighted by Gasteiger charge is -2.20. The first-order chi connectivity index (χ1) is 10.6. The molecule has 0 aliphatic carbocycles. The SMILES string of the molecule is NCc1cc(=O)[nH]c(=O)n1[C@@H]1O[C@H](COP(=O)(O)O)[C@@H](O)[C@H]1O. The largest absolute Gasteiger partial charge is 0.469 e. The number of hydrogen-bond donors (Lipinski definition) is 6. The minimum Gasteiger partial charge on any atom is -0.387 e. The molecule has 0 unspecified atom stereocenters. The van der Waals surface area contributed by atoms with Crippen molar-refractivity contribution in [3.63, 3.8) is 0 Å². The van der Waals surface area contributed by atoms with Crippen molar-refractivity contribution in [3.05, 3.63) is 32.6 Å². The molecule has 1 aromatic rings. The van der Waals surface area contributed by atoms with Gasteiger partial charge >= 0.3 is 13.5 Å². The van der Waals surface area contributed by atoms with E-state index in [1.807, 2.05) is 4.98 Å². The Morgan fingerprint density at radius 3 is 2.57 bits per heavy atom. The third kappa shape index (κ3) is 3.94. The third-order valence-corrected chi connectivity index (χ3v) is 3.75. The van der Waals surface area contributed by atoms with E-state index in [4.69, 9.17) is 20.3 Å². The minimum absolute atomic E-state index is 0.0477. The summed E-state index contributed by atoms with van der Waals surface area (Å²) in [6, 6.07) is 1.03. The summed E-state index contributed by atoms with van der Waals surface area (Å²) in [5.74, 6) is 0. The topological polar surface area (TPSA) is 197 Å². The molecule has 0 bridgehead atoms. The first-order valence-electron chi connectivity index (χ1n) is 6.40.